The van der Waals surface area contributed by atoms with Crippen LogP contribution in [0.15, 0.2) is 24.3 Å². The second kappa shape index (κ2) is 5.48. The molecule has 0 aliphatic rings. The molecular formula is C12H14INO3. The zero-order valence-corrected chi connectivity index (χ0v) is 12.1. The summed E-state index contributed by atoms with van der Waals surface area (Å²) >= 11 is 2.15. The topological polar surface area (TPSA) is 55.4 Å². The van der Waals surface area contributed by atoms with Gasteiger partial charge in [-0.15, -0.1) is 0 Å². The largest absolute Gasteiger partial charge is 0.340 e. The van der Waals surface area contributed by atoms with Gasteiger partial charge >= 0.3 is 5.97 Å². The number of amides is 1. The molecule has 0 spiro atoms. The van der Waals surface area contributed by atoms with Gasteiger partial charge in [0.05, 0.1) is 5.41 Å². The predicted octanol–water partition coefficient (Wildman–Crippen LogP) is 2.53. The van der Waals surface area contributed by atoms with Gasteiger partial charge in [0.25, 0.3) is 5.91 Å². The number of halogens is 1. The van der Waals surface area contributed by atoms with Crippen LogP contribution in [0.2, 0.25) is 0 Å². The first-order chi connectivity index (χ1) is 7.80. The van der Waals surface area contributed by atoms with E-state index in [4.69, 9.17) is 4.84 Å². The van der Waals surface area contributed by atoms with Gasteiger partial charge in [-0.1, -0.05) is 0 Å². The summed E-state index contributed by atoms with van der Waals surface area (Å²) < 4.78 is 1.03. The number of nitrogens with one attached hydrogen (secondary N) is 1. The van der Waals surface area contributed by atoms with Crippen LogP contribution in [0.3, 0.4) is 0 Å². The normalized spacial score (nSPS) is 10.8. The van der Waals surface area contributed by atoms with Crippen LogP contribution in [0.4, 0.5) is 0 Å². The minimum atomic E-state index is -0.640. The molecule has 0 saturated heterocycles. The maximum absolute atomic E-state index is 11.6. The molecule has 0 saturated carbocycles. The molecule has 1 N–H and O–H groups in total. The summed E-state index contributed by atoms with van der Waals surface area (Å²) in [6.07, 6.45) is 0. The smallest absolute Gasteiger partial charge is 0.337 e. The summed E-state index contributed by atoms with van der Waals surface area (Å²) in [5.74, 6) is -0.907. The summed E-state index contributed by atoms with van der Waals surface area (Å²) in [7, 11) is 0. The van der Waals surface area contributed by atoms with Crippen LogP contribution in [-0.2, 0) is 9.63 Å². The Morgan fingerprint density at radius 3 is 2.18 bits per heavy atom. The van der Waals surface area contributed by atoms with E-state index in [1.54, 1.807) is 45.0 Å². The Balaban J connectivity index is 2.56. The number of hydrogen-bond donors (Lipinski definition) is 1. The van der Waals surface area contributed by atoms with Crippen molar-refractivity contribution in [1.82, 2.24) is 5.48 Å². The lowest BCUT2D eigenvalue weighted by molar-refractivity contribution is -0.158. The van der Waals surface area contributed by atoms with Crippen molar-refractivity contribution in [3.8, 4) is 0 Å². The predicted molar refractivity (Wildman–Crippen MR) is 72.2 cm³/mol. The van der Waals surface area contributed by atoms with Crippen molar-refractivity contribution in [3.63, 3.8) is 0 Å². The molecule has 1 aromatic carbocycles. The molecule has 0 radical (unpaired) electrons. The molecule has 0 bridgehead atoms. The van der Waals surface area contributed by atoms with Crippen molar-refractivity contribution in [2.45, 2.75) is 20.8 Å². The molecule has 0 aromatic heterocycles. The zero-order valence-electron chi connectivity index (χ0n) is 9.91. The minimum absolute atomic E-state index is 0.431. The van der Waals surface area contributed by atoms with Gasteiger partial charge in [0.15, 0.2) is 0 Å². The van der Waals surface area contributed by atoms with E-state index in [0.717, 1.165) is 3.57 Å². The van der Waals surface area contributed by atoms with Crippen LogP contribution in [0.25, 0.3) is 0 Å². The third-order valence-electron chi connectivity index (χ3n) is 1.96. The average molecular weight is 347 g/mol. The highest BCUT2D eigenvalue weighted by atomic mass is 127. The summed E-state index contributed by atoms with van der Waals surface area (Å²) in [6.45, 7) is 5.14. The van der Waals surface area contributed by atoms with Gasteiger partial charge in [-0.3, -0.25) is 4.79 Å². The number of carbonyl (C=O) groups excluding carboxylic acids is 2. The van der Waals surface area contributed by atoms with Crippen LogP contribution in [-0.4, -0.2) is 11.9 Å². The second-order valence-electron chi connectivity index (χ2n) is 4.58. The number of rotatable bonds is 1. The molecule has 4 nitrogen and oxygen atoms in total. The fraction of sp³-hybridized carbons (Fsp3) is 0.333. The highest BCUT2D eigenvalue weighted by molar-refractivity contribution is 14.1. The molecule has 5 heteroatoms. The highest BCUT2D eigenvalue weighted by Gasteiger charge is 2.24. The average Bonchev–Trinajstić information content (AvgIpc) is 2.25. The van der Waals surface area contributed by atoms with Crippen LogP contribution >= 0.6 is 22.6 Å². The van der Waals surface area contributed by atoms with E-state index in [9.17, 15) is 9.59 Å². The fourth-order valence-corrected chi connectivity index (χ4v) is 1.27. The number of hydrogen-bond acceptors (Lipinski definition) is 3. The molecule has 0 aliphatic carbocycles. The van der Waals surface area contributed by atoms with Crippen LogP contribution in [0.5, 0.6) is 0 Å². The third kappa shape index (κ3) is 4.33. The van der Waals surface area contributed by atoms with Gasteiger partial charge in [0, 0.05) is 9.13 Å². The Kier molecular flexibility index (Phi) is 4.50. The Hall–Kier alpha value is -1.11. The Labute approximate surface area is 114 Å². The van der Waals surface area contributed by atoms with Crippen molar-refractivity contribution < 1.29 is 14.4 Å². The first kappa shape index (κ1) is 14.0. The van der Waals surface area contributed by atoms with Gasteiger partial charge in [0.1, 0.15) is 0 Å². The monoisotopic (exact) mass is 347 g/mol. The van der Waals surface area contributed by atoms with E-state index in [-0.39, 0.29) is 0 Å². The molecule has 0 fully saturated rings. The van der Waals surface area contributed by atoms with E-state index in [1.807, 2.05) is 0 Å². The lowest BCUT2D eigenvalue weighted by atomic mass is 9.98. The highest BCUT2D eigenvalue weighted by Crippen LogP contribution is 2.14. The van der Waals surface area contributed by atoms with Gasteiger partial charge in [-0.25, -0.2) is 4.79 Å². The summed E-state index contributed by atoms with van der Waals surface area (Å²) in [6, 6.07) is 6.95. The molecule has 1 rings (SSSR count). The molecule has 0 unspecified atom stereocenters. The van der Waals surface area contributed by atoms with Gasteiger partial charge in [-0.05, 0) is 67.6 Å². The standard InChI is InChI=1S/C12H14INO3/c1-12(2,3)11(16)17-14-10(15)8-4-6-9(13)7-5-8/h4-7H,1-3H3,(H,14,15). The fourth-order valence-electron chi connectivity index (χ4n) is 0.906. The molecule has 17 heavy (non-hydrogen) atoms. The van der Waals surface area contributed by atoms with E-state index in [1.165, 1.54) is 0 Å². The molecular weight excluding hydrogens is 333 g/mol. The van der Waals surface area contributed by atoms with Crippen molar-refractivity contribution in [1.29, 1.82) is 0 Å². The van der Waals surface area contributed by atoms with Crippen molar-refractivity contribution in [2.75, 3.05) is 0 Å². The summed E-state index contributed by atoms with van der Waals surface area (Å²) in [5.41, 5.74) is 1.95. The van der Waals surface area contributed by atoms with Crippen molar-refractivity contribution in [3.05, 3.63) is 33.4 Å². The van der Waals surface area contributed by atoms with E-state index in [2.05, 4.69) is 28.1 Å². The third-order valence-corrected chi connectivity index (χ3v) is 2.67. The first-order valence-electron chi connectivity index (χ1n) is 5.08. The molecule has 92 valence electrons. The van der Waals surface area contributed by atoms with Crippen LogP contribution in [0, 0.1) is 8.99 Å². The lowest BCUT2D eigenvalue weighted by Gasteiger charge is -2.15. The Morgan fingerprint density at radius 2 is 1.71 bits per heavy atom. The van der Waals surface area contributed by atoms with Gasteiger partial charge in [-0.2, -0.15) is 5.48 Å². The van der Waals surface area contributed by atoms with Gasteiger partial charge < -0.3 is 4.84 Å². The van der Waals surface area contributed by atoms with Crippen LogP contribution in [0.1, 0.15) is 31.1 Å². The lowest BCUT2D eigenvalue weighted by Crippen LogP contribution is -2.33. The Morgan fingerprint density at radius 1 is 1.18 bits per heavy atom. The van der Waals surface area contributed by atoms with Crippen molar-refractivity contribution >= 4 is 34.5 Å². The number of benzene rings is 1. The summed E-state index contributed by atoms with van der Waals surface area (Å²) in [4.78, 5) is 27.7. The van der Waals surface area contributed by atoms with E-state index in [0.29, 0.717) is 5.56 Å². The van der Waals surface area contributed by atoms with Gasteiger partial charge in [0.2, 0.25) is 0 Å². The minimum Gasteiger partial charge on any atom is -0.340 e. The van der Waals surface area contributed by atoms with E-state index >= 15 is 0 Å². The van der Waals surface area contributed by atoms with E-state index < -0.39 is 17.3 Å². The SMILES string of the molecule is CC(C)(C)C(=O)ONC(=O)c1ccc(I)cc1. The summed E-state index contributed by atoms with van der Waals surface area (Å²) in [5, 5.41) is 0. The number of carbonyl (C=O) groups is 2. The molecule has 0 aliphatic heterocycles. The molecule has 1 aromatic rings. The maximum Gasteiger partial charge on any atom is 0.337 e. The molecule has 1 amide bonds. The maximum atomic E-state index is 11.6. The Bertz CT molecular complexity index is 420. The molecule has 0 heterocycles. The molecule has 0 atom stereocenters. The van der Waals surface area contributed by atoms with Crippen molar-refractivity contribution in [2.24, 2.45) is 5.41 Å². The van der Waals surface area contributed by atoms with Crippen LogP contribution < -0.4 is 5.48 Å². The zero-order chi connectivity index (χ0) is 13.1. The number of hydroxylamine groups is 1. The quantitative estimate of drug-likeness (QED) is 0.628. The first-order valence-corrected chi connectivity index (χ1v) is 6.16. The second-order valence-corrected chi connectivity index (χ2v) is 5.82.